The molecule has 7 nitrogen and oxygen atoms in total. The summed E-state index contributed by atoms with van der Waals surface area (Å²) in [5.41, 5.74) is -1.69. The Morgan fingerprint density at radius 3 is 2.37 bits per heavy atom. The number of anilines is 1. The molecule has 0 radical (unpaired) electrons. The summed E-state index contributed by atoms with van der Waals surface area (Å²) >= 11 is 0. The molecule has 1 saturated heterocycles. The fourth-order valence-electron chi connectivity index (χ4n) is 3.10. The zero-order chi connectivity index (χ0) is 21.9. The lowest BCUT2D eigenvalue weighted by molar-refractivity contribution is -0.384. The molecule has 0 atom stereocenters. The molecule has 1 amide bonds. The molecule has 0 saturated carbocycles. The second-order valence-electron chi connectivity index (χ2n) is 6.55. The van der Waals surface area contributed by atoms with E-state index in [0.29, 0.717) is 6.07 Å². The lowest BCUT2D eigenvalue weighted by Gasteiger charge is -2.35. The Hall–Kier alpha value is -3.37. The standard InChI is InChI=1S/C19H17F4N3O4/c20-14-3-1-2-4-17(14)30-12-18(27)25-9-7-24(8-10-25)15-6-5-13(19(21,22)23)11-16(15)26(28)29/h1-6,11H,7-10,12H2. The molecule has 1 heterocycles. The average molecular weight is 427 g/mol. The van der Waals surface area contributed by atoms with Crippen LogP contribution >= 0.6 is 0 Å². The highest BCUT2D eigenvalue weighted by Gasteiger charge is 2.34. The van der Waals surface area contributed by atoms with Gasteiger partial charge in [-0.05, 0) is 24.3 Å². The van der Waals surface area contributed by atoms with Crippen molar-refractivity contribution >= 4 is 17.3 Å². The number of halogens is 4. The Bertz CT molecular complexity index is 944. The molecule has 1 fully saturated rings. The van der Waals surface area contributed by atoms with E-state index in [2.05, 4.69) is 0 Å². The second-order valence-corrected chi connectivity index (χ2v) is 6.55. The topological polar surface area (TPSA) is 75.9 Å². The number of nitro benzene ring substituents is 1. The first kappa shape index (κ1) is 21.3. The molecule has 2 aromatic rings. The highest BCUT2D eigenvalue weighted by atomic mass is 19.4. The number of carbonyl (C=O) groups excluding carboxylic acids is 1. The van der Waals surface area contributed by atoms with Gasteiger partial charge in [0.2, 0.25) is 0 Å². The van der Waals surface area contributed by atoms with Crippen LogP contribution in [0.2, 0.25) is 0 Å². The van der Waals surface area contributed by atoms with E-state index < -0.39 is 28.2 Å². The van der Waals surface area contributed by atoms with Crippen molar-refractivity contribution in [3.63, 3.8) is 0 Å². The van der Waals surface area contributed by atoms with Gasteiger partial charge in [-0.1, -0.05) is 12.1 Å². The number of carbonyl (C=O) groups is 1. The predicted molar refractivity (Wildman–Crippen MR) is 98.8 cm³/mol. The van der Waals surface area contributed by atoms with E-state index in [-0.39, 0.29) is 50.1 Å². The summed E-state index contributed by atoms with van der Waals surface area (Å²) in [6.07, 6.45) is -4.69. The van der Waals surface area contributed by atoms with Crippen LogP contribution in [-0.4, -0.2) is 48.5 Å². The number of piperazine rings is 1. The van der Waals surface area contributed by atoms with Gasteiger partial charge in [0.15, 0.2) is 18.2 Å². The Morgan fingerprint density at radius 1 is 1.10 bits per heavy atom. The van der Waals surface area contributed by atoms with Crippen LogP contribution in [-0.2, 0) is 11.0 Å². The predicted octanol–water partition coefficient (Wildman–Crippen LogP) is 3.48. The number of nitro groups is 1. The lowest BCUT2D eigenvalue weighted by atomic mass is 10.1. The van der Waals surface area contributed by atoms with Gasteiger partial charge in [-0.2, -0.15) is 13.2 Å². The van der Waals surface area contributed by atoms with Crippen LogP contribution in [0.5, 0.6) is 5.75 Å². The van der Waals surface area contributed by atoms with Crippen molar-refractivity contribution in [3.05, 3.63) is 64.0 Å². The molecule has 11 heteroatoms. The van der Waals surface area contributed by atoms with Crippen LogP contribution in [0.25, 0.3) is 0 Å². The maximum absolute atomic E-state index is 13.5. The van der Waals surface area contributed by atoms with E-state index in [1.54, 1.807) is 11.0 Å². The van der Waals surface area contributed by atoms with Gasteiger partial charge >= 0.3 is 6.18 Å². The molecule has 3 rings (SSSR count). The summed E-state index contributed by atoms with van der Waals surface area (Å²) in [5.74, 6) is -1.03. The van der Waals surface area contributed by atoms with E-state index in [1.165, 1.54) is 23.1 Å². The van der Waals surface area contributed by atoms with E-state index in [4.69, 9.17) is 4.74 Å². The quantitative estimate of drug-likeness (QED) is 0.415. The van der Waals surface area contributed by atoms with E-state index in [1.807, 2.05) is 0 Å². The molecule has 0 spiro atoms. The van der Waals surface area contributed by atoms with E-state index in [9.17, 15) is 32.5 Å². The molecule has 0 unspecified atom stereocenters. The summed E-state index contributed by atoms with van der Waals surface area (Å²) in [6.45, 7) is 0.395. The summed E-state index contributed by atoms with van der Waals surface area (Å²) in [4.78, 5) is 25.7. The Balaban J connectivity index is 1.63. The molecule has 0 aromatic heterocycles. The van der Waals surface area contributed by atoms with Gasteiger partial charge in [-0.25, -0.2) is 4.39 Å². The summed E-state index contributed by atoms with van der Waals surface area (Å²) < 4.78 is 57.3. The average Bonchev–Trinajstić information content (AvgIpc) is 2.72. The van der Waals surface area contributed by atoms with Crippen molar-refractivity contribution < 1.29 is 32.0 Å². The second kappa shape index (κ2) is 8.56. The van der Waals surface area contributed by atoms with E-state index in [0.717, 1.165) is 12.1 Å². The van der Waals surface area contributed by atoms with Crippen molar-refractivity contribution in [1.29, 1.82) is 0 Å². The number of hydrogen-bond donors (Lipinski definition) is 0. The van der Waals surface area contributed by atoms with Gasteiger partial charge in [0.05, 0.1) is 10.5 Å². The van der Waals surface area contributed by atoms with Crippen molar-refractivity contribution in [2.75, 3.05) is 37.7 Å². The van der Waals surface area contributed by atoms with Gasteiger partial charge < -0.3 is 14.5 Å². The van der Waals surface area contributed by atoms with Crippen LogP contribution in [0, 0.1) is 15.9 Å². The van der Waals surface area contributed by atoms with Crippen LogP contribution in [0.4, 0.5) is 28.9 Å². The smallest absolute Gasteiger partial charge is 0.416 e. The first-order valence-electron chi connectivity index (χ1n) is 8.92. The molecule has 0 N–H and O–H groups in total. The number of benzene rings is 2. The van der Waals surface area contributed by atoms with Crippen molar-refractivity contribution in [2.45, 2.75) is 6.18 Å². The maximum atomic E-state index is 13.5. The van der Waals surface area contributed by atoms with Gasteiger partial charge in [0.1, 0.15) is 5.69 Å². The Kier molecular flexibility index (Phi) is 6.09. The highest BCUT2D eigenvalue weighted by Crippen LogP contribution is 2.36. The summed E-state index contributed by atoms with van der Waals surface area (Å²) in [7, 11) is 0. The minimum atomic E-state index is -4.69. The Labute approximate surface area is 168 Å². The van der Waals surface area contributed by atoms with Gasteiger partial charge in [0, 0.05) is 32.2 Å². The van der Waals surface area contributed by atoms with Crippen LogP contribution in [0.15, 0.2) is 42.5 Å². The number of para-hydroxylation sites is 1. The normalized spacial score (nSPS) is 14.5. The number of nitrogens with zero attached hydrogens (tertiary/aromatic N) is 3. The molecule has 30 heavy (non-hydrogen) atoms. The van der Waals surface area contributed by atoms with Gasteiger partial charge in [0.25, 0.3) is 11.6 Å². The third-order valence-electron chi connectivity index (χ3n) is 4.66. The number of ether oxygens (including phenoxy) is 1. The van der Waals surface area contributed by atoms with Crippen molar-refractivity contribution in [1.82, 2.24) is 4.90 Å². The third-order valence-corrected chi connectivity index (χ3v) is 4.66. The zero-order valence-corrected chi connectivity index (χ0v) is 15.6. The number of alkyl halides is 3. The van der Waals surface area contributed by atoms with Crippen molar-refractivity contribution in [2.24, 2.45) is 0 Å². The molecule has 2 aromatic carbocycles. The molecule has 0 bridgehead atoms. The number of amides is 1. The van der Waals surface area contributed by atoms with Gasteiger partial charge in [-0.15, -0.1) is 0 Å². The monoisotopic (exact) mass is 427 g/mol. The highest BCUT2D eigenvalue weighted by molar-refractivity contribution is 5.78. The SMILES string of the molecule is O=C(COc1ccccc1F)N1CCN(c2ccc(C(F)(F)F)cc2[N+](=O)[O-])CC1. The fourth-order valence-corrected chi connectivity index (χ4v) is 3.10. The van der Waals surface area contributed by atoms with Crippen LogP contribution in [0.1, 0.15) is 5.56 Å². The molecule has 1 aliphatic rings. The molecule has 160 valence electrons. The van der Waals surface area contributed by atoms with E-state index >= 15 is 0 Å². The van der Waals surface area contributed by atoms with Crippen LogP contribution < -0.4 is 9.64 Å². The zero-order valence-electron chi connectivity index (χ0n) is 15.6. The molecule has 0 aliphatic carbocycles. The summed E-state index contributed by atoms with van der Waals surface area (Å²) in [6, 6.07) is 8.03. The molecular weight excluding hydrogens is 410 g/mol. The summed E-state index contributed by atoms with van der Waals surface area (Å²) in [5, 5.41) is 11.3. The minimum absolute atomic E-state index is 0.0511. The number of rotatable bonds is 5. The Morgan fingerprint density at radius 2 is 1.77 bits per heavy atom. The first-order chi connectivity index (χ1) is 14.2. The maximum Gasteiger partial charge on any atom is 0.416 e. The lowest BCUT2D eigenvalue weighted by Crippen LogP contribution is -2.50. The third kappa shape index (κ3) is 4.78. The fraction of sp³-hybridized carbons (Fsp3) is 0.316. The van der Waals surface area contributed by atoms with Gasteiger partial charge in [-0.3, -0.25) is 14.9 Å². The minimum Gasteiger partial charge on any atom is -0.481 e. The molecule has 1 aliphatic heterocycles. The van der Waals surface area contributed by atoms with Crippen LogP contribution in [0.3, 0.4) is 0 Å². The number of hydrogen-bond acceptors (Lipinski definition) is 5. The first-order valence-corrected chi connectivity index (χ1v) is 8.92. The largest absolute Gasteiger partial charge is 0.481 e. The van der Waals surface area contributed by atoms with Crippen molar-refractivity contribution in [3.8, 4) is 5.75 Å². The molecular formula is C19H17F4N3O4.